The largest absolute Gasteiger partial charge is 0.481 e. The van der Waals surface area contributed by atoms with Gasteiger partial charge in [0, 0.05) is 12.0 Å². The Bertz CT molecular complexity index is 655. The Morgan fingerprint density at radius 2 is 1.81 bits per heavy atom. The van der Waals surface area contributed by atoms with E-state index < -0.39 is 12.1 Å². The highest BCUT2D eigenvalue weighted by atomic mass is 16.4. The first kappa shape index (κ1) is 25.0. The fraction of sp³-hybridized carbons (Fsp3) is 0.962. The molecule has 3 unspecified atom stereocenters. The van der Waals surface area contributed by atoms with Crippen molar-refractivity contribution in [1.29, 1.82) is 0 Å². The summed E-state index contributed by atoms with van der Waals surface area (Å²) in [4.78, 5) is 11.2. The Labute approximate surface area is 189 Å². The number of aliphatic hydroxyl groups excluding tert-OH is 2. The van der Waals surface area contributed by atoms with Crippen LogP contribution in [0.25, 0.3) is 0 Å². The monoisotopic (exact) mass is 437 g/mol. The van der Waals surface area contributed by atoms with Crippen LogP contribution in [-0.4, -0.2) is 39.0 Å². The highest BCUT2D eigenvalue weighted by Crippen LogP contribution is 2.61. The molecule has 0 aromatic carbocycles. The van der Waals surface area contributed by atoms with E-state index in [-0.39, 0.29) is 40.7 Å². The van der Waals surface area contributed by atoms with E-state index in [1.54, 1.807) is 0 Å². The first-order valence-electron chi connectivity index (χ1n) is 12.7. The fourth-order valence-electron chi connectivity index (χ4n) is 8.47. The van der Waals surface area contributed by atoms with E-state index in [0.29, 0.717) is 30.6 Å². The smallest absolute Gasteiger partial charge is 0.303 e. The van der Waals surface area contributed by atoms with Crippen LogP contribution in [0.3, 0.4) is 0 Å². The molecule has 3 rings (SSSR count). The number of fused-ring (bicyclic) bond motifs is 2. The SMILES string of the molecule is CC(CCC(=O)O)[C@H]1[C@@H](C)C[C@H]2CCCC3(N)C[C@H](O)CC[C@]3(C)[C@H](C)C[C@H](O)C21C. The van der Waals surface area contributed by atoms with E-state index in [4.69, 9.17) is 5.73 Å². The second-order valence-electron chi connectivity index (χ2n) is 12.2. The molecule has 0 spiro atoms. The summed E-state index contributed by atoms with van der Waals surface area (Å²) >= 11 is 0. The van der Waals surface area contributed by atoms with Gasteiger partial charge >= 0.3 is 5.97 Å². The lowest BCUT2D eigenvalue weighted by atomic mass is 9.52. The molecule has 3 aliphatic rings. The molecular formula is C26H47NO4. The van der Waals surface area contributed by atoms with Gasteiger partial charge in [0.05, 0.1) is 12.2 Å². The summed E-state index contributed by atoms with van der Waals surface area (Å²) in [7, 11) is 0. The van der Waals surface area contributed by atoms with Gasteiger partial charge in [0.1, 0.15) is 0 Å². The minimum Gasteiger partial charge on any atom is -0.481 e. The molecule has 0 aromatic heterocycles. The first-order chi connectivity index (χ1) is 14.3. The molecule has 3 aliphatic carbocycles. The standard InChI is InChI=1S/C26H47NO4/c1-16(8-9-22(30)31)23-17(2)13-19-7-6-11-26(27)15-20(28)10-12-24(26,4)18(3)14-21(29)25(19,23)5/h16-21,23,28-29H,6-15,27H2,1-5H3,(H,30,31)/t16?,17-,18+,19+,20+,21-,23-,24+,25?,26?/m0/s1. The Morgan fingerprint density at radius 3 is 2.45 bits per heavy atom. The van der Waals surface area contributed by atoms with Crippen LogP contribution in [0.5, 0.6) is 0 Å². The molecule has 0 aliphatic heterocycles. The van der Waals surface area contributed by atoms with Gasteiger partial charge in [0.25, 0.3) is 0 Å². The molecule has 5 heteroatoms. The van der Waals surface area contributed by atoms with Gasteiger partial charge in [-0.15, -0.1) is 0 Å². The van der Waals surface area contributed by atoms with Crippen molar-refractivity contribution in [2.75, 3.05) is 0 Å². The van der Waals surface area contributed by atoms with E-state index in [0.717, 1.165) is 44.9 Å². The van der Waals surface area contributed by atoms with Crippen LogP contribution >= 0.6 is 0 Å². The van der Waals surface area contributed by atoms with Crippen LogP contribution in [0, 0.1) is 40.4 Å². The van der Waals surface area contributed by atoms with Crippen LogP contribution in [0.4, 0.5) is 0 Å². The lowest BCUT2D eigenvalue weighted by Gasteiger charge is -2.57. The maximum absolute atomic E-state index is 11.8. The second kappa shape index (κ2) is 8.95. The lowest BCUT2D eigenvalue weighted by Crippen LogP contribution is -2.62. The van der Waals surface area contributed by atoms with Crippen molar-refractivity contribution in [3.05, 3.63) is 0 Å². The summed E-state index contributed by atoms with van der Waals surface area (Å²) < 4.78 is 0. The zero-order chi connectivity index (χ0) is 23.2. The van der Waals surface area contributed by atoms with Gasteiger partial charge in [0.15, 0.2) is 0 Å². The summed E-state index contributed by atoms with van der Waals surface area (Å²) in [5, 5.41) is 31.4. The highest BCUT2D eigenvalue weighted by molar-refractivity contribution is 5.66. The zero-order valence-electron chi connectivity index (χ0n) is 20.4. The third-order valence-corrected chi connectivity index (χ3v) is 10.6. The Hall–Kier alpha value is -0.650. The molecule has 3 saturated carbocycles. The summed E-state index contributed by atoms with van der Waals surface area (Å²) in [5.74, 6) is 1.07. The van der Waals surface area contributed by atoms with Crippen molar-refractivity contribution >= 4 is 5.97 Å². The minimum atomic E-state index is -0.731. The molecule has 0 heterocycles. The van der Waals surface area contributed by atoms with E-state index >= 15 is 0 Å². The molecule has 0 saturated heterocycles. The molecule has 3 fully saturated rings. The van der Waals surface area contributed by atoms with Gasteiger partial charge < -0.3 is 21.1 Å². The van der Waals surface area contributed by atoms with Crippen molar-refractivity contribution in [3.63, 3.8) is 0 Å². The number of aliphatic carboxylic acids is 1. The maximum atomic E-state index is 11.8. The van der Waals surface area contributed by atoms with Gasteiger partial charge in [0.2, 0.25) is 0 Å². The van der Waals surface area contributed by atoms with E-state index in [2.05, 4.69) is 34.6 Å². The van der Waals surface area contributed by atoms with Crippen LogP contribution in [0.2, 0.25) is 0 Å². The molecule has 0 bridgehead atoms. The van der Waals surface area contributed by atoms with E-state index in [9.17, 15) is 20.1 Å². The number of carboxylic acid groups (broad SMARTS) is 1. The maximum Gasteiger partial charge on any atom is 0.303 e. The average Bonchev–Trinajstić information content (AvgIpc) is 2.93. The summed E-state index contributed by atoms with van der Waals surface area (Å²) in [6.07, 6.45) is 7.36. The Balaban J connectivity index is 1.91. The van der Waals surface area contributed by atoms with Crippen molar-refractivity contribution < 1.29 is 20.1 Å². The van der Waals surface area contributed by atoms with E-state index in [1.165, 1.54) is 0 Å². The number of nitrogens with two attached hydrogens (primary N) is 1. The lowest BCUT2D eigenvalue weighted by molar-refractivity contribution is -0.137. The summed E-state index contributed by atoms with van der Waals surface area (Å²) in [6.45, 7) is 11.3. The third kappa shape index (κ3) is 4.31. The summed E-state index contributed by atoms with van der Waals surface area (Å²) in [5.41, 5.74) is 6.40. The quantitative estimate of drug-likeness (QED) is 0.515. The molecule has 0 aromatic rings. The third-order valence-electron chi connectivity index (χ3n) is 10.6. The molecule has 5 N–H and O–H groups in total. The molecular weight excluding hydrogens is 390 g/mol. The summed E-state index contributed by atoms with van der Waals surface area (Å²) in [6, 6.07) is 0. The second-order valence-corrected chi connectivity index (χ2v) is 12.2. The minimum absolute atomic E-state index is 0.0922. The molecule has 10 atom stereocenters. The fourth-order valence-corrected chi connectivity index (χ4v) is 8.47. The number of aliphatic hydroxyl groups is 2. The normalized spacial score (nSPS) is 49.7. The van der Waals surface area contributed by atoms with Crippen LogP contribution in [0.1, 0.15) is 98.8 Å². The van der Waals surface area contributed by atoms with Crippen molar-refractivity contribution in [2.24, 2.45) is 46.2 Å². The van der Waals surface area contributed by atoms with Crippen LogP contribution in [0.15, 0.2) is 0 Å². The molecule has 5 nitrogen and oxygen atoms in total. The first-order valence-corrected chi connectivity index (χ1v) is 12.7. The van der Waals surface area contributed by atoms with Crippen LogP contribution in [-0.2, 0) is 4.79 Å². The van der Waals surface area contributed by atoms with Gasteiger partial charge in [-0.3, -0.25) is 4.79 Å². The number of carbonyl (C=O) groups is 1. The average molecular weight is 438 g/mol. The van der Waals surface area contributed by atoms with Gasteiger partial charge in [-0.05, 0) is 91.8 Å². The highest BCUT2D eigenvalue weighted by Gasteiger charge is 2.58. The van der Waals surface area contributed by atoms with Crippen molar-refractivity contribution in [3.8, 4) is 0 Å². The van der Waals surface area contributed by atoms with Crippen LogP contribution < -0.4 is 5.73 Å². The molecule has 0 amide bonds. The molecule has 31 heavy (non-hydrogen) atoms. The molecule has 180 valence electrons. The predicted molar refractivity (Wildman–Crippen MR) is 123 cm³/mol. The van der Waals surface area contributed by atoms with Crippen molar-refractivity contribution in [2.45, 2.75) is 117 Å². The molecule has 0 radical (unpaired) electrons. The number of hydrogen-bond acceptors (Lipinski definition) is 4. The number of hydrogen-bond donors (Lipinski definition) is 4. The van der Waals surface area contributed by atoms with Gasteiger partial charge in [-0.2, -0.15) is 0 Å². The van der Waals surface area contributed by atoms with E-state index in [1.807, 2.05) is 0 Å². The number of rotatable bonds is 4. The Morgan fingerprint density at radius 1 is 1.13 bits per heavy atom. The Kier molecular flexibility index (Phi) is 7.21. The topological polar surface area (TPSA) is 104 Å². The van der Waals surface area contributed by atoms with Crippen molar-refractivity contribution in [1.82, 2.24) is 0 Å². The van der Waals surface area contributed by atoms with Gasteiger partial charge in [-0.1, -0.05) is 41.0 Å². The van der Waals surface area contributed by atoms with Gasteiger partial charge in [-0.25, -0.2) is 0 Å². The zero-order valence-corrected chi connectivity index (χ0v) is 20.4. The predicted octanol–water partition coefficient (Wildman–Crippen LogP) is 4.59. The number of carboxylic acids is 1.